The van der Waals surface area contributed by atoms with Gasteiger partial charge in [-0.25, -0.2) is 0 Å². The van der Waals surface area contributed by atoms with Gasteiger partial charge in [0.2, 0.25) is 0 Å². The van der Waals surface area contributed by atoms with Gasteiger partial charge in [0, 0.05) is 19.1 Å². The fourth-order valence-corrected chi connectivity index (χ4v) is 1.64. The second-order valence-electron chi connectivity index (χ2n) is 4.77. The molecule has 5 heteroatoms. The number of nitrogens with two attached hydrogens (primary N) is 2. The predicted molar refractivity (Wildman–Crippen MR) is 79.8 cm³/mol. The van der Waals surface area contributed by atoms with Gasteiger partial charge in [0.15, 0.2) is 0 Å². The fraction of sp³-hybridized carbons (Fsp3) is 1.00. The normalized spacial score (nSPS) is 12.8. The van der Waals surface area contributed by atoms with Gasteiger partial charge in [-0.2, -0.15) is 0 Å². The van der Waals surface area contributed by atoms with Gasteiger partial charge in [0.1, 0.15) is 0 Å². The largest absolute Gasteiger partial charge is 0.330 e. The van der Waals surface area contributed by atoms with E-state index in [9.17, 15) is 0 Å². The van der Waals surface area contributed by atoms with Crippen molar-refractivity contribution in [3.63, 3.8) is 0 Å². The molecular formula is C13H33N5. The molecule has 0 amide bonds. The van der Waals surface area contributed by atoms with Gasteiger partial charge in [0.25, 0.3) is 0 Å². The highest BCUT2D eigenvalue weighted by Gasteiger charge is 2.00. The van der Waals surface area contributed by atoms with E-state index in [1.165, 1.54) is 12.8 Å². The average molecular weight is 259 g/mol. The van der Waals surface area contributed by atoms with Crippen LogP contribution in [0, 0.1) is 0 Å². The molecule has 0 aliphatic rings. The summed E-state index contributed by atoms with van der Waals surface area (Å²) in [7, 11) is 0. The van der Waals surface area contributed by atoms with Gasteiger partial charge in [-0.1, -0.05) is 13.3 Å². The molecule has 0 saturated carbocycles. The minimum atomic E-state index is 0.191. The molecule has 0 fully saturated rings. The molecule has 0 bridgehead atoms. The minimum Gasteiger partial charge on any atom is -0.330 e. The third kappa shape index (κ3) is 13.9. The first-order chi connectivity index (χ1) is 8.81. The van der Waals surface area contributed by atoms with Crippen LogP contribution in [0.4, 0.5) is 0 Å². The Bertz CT molecular complexity index is 154. The first-order valence-electron chi connectivity index (χ1n) is 7.39. The van der Waals surface area contributed by atoms with Crippen molar-refractivity contribution in [2.45, 2.75) is 38.6 Å². The maximum Gasteiger partial charge on any atom is 0.0292 e. The summed E-state index contributed by atoms with van der Waals surface area (Å²) in [6.07, 6.45) is 4.71. The molecule has 0 aromatic heterocycles. The summed E-state index contributed by atoms with van der Waals surface area (Å²) < 4.78 is 0. The lowest BCUT2D eigenvalue weighted by Gasteiger charge is -2.13. The van der Waals surface area contributed by atoms with E-state index in [1.54, 1.807) is 0 Å². The third-order valence-electron chi connectivity index (χ3n) is 2.78. The van der Waals surface area contributed by atoms with E-state index in [-0.39, 0.29) is 6.04 Å². The van der Waals surface area contributed by atoms with Crippen LogP contribution in [0.3, 0.4) is 0 Å². The molecule has 0 saturated heterocycles. The van der Waals surface area contributed by atoms with Gasteiger partial charge in [0.05, 0.1) is 0 Å². The summed E-state index contributed by atoms with van der Waals surface area (Å²) in [6, 6.07) is 0.191. The lowest BCUT2D eigenvalue weighted by Crippen LogP contribution is -2.42. The Labute approximate surface area is 112 Å². The van der Waals surface area contributed by atoms with E-state index < -0.39 is 0 Å². The van der Waals surface area contributed by atoms with Crippen LogP contribution >= 0.6 is 0 Å². The Morgan fingerprint density at radius 3 is 2.00 bits per heavy atom. The molecule has 0 aliphatic heterocycles. The first kappa shape index (κ1) is 17.8. The quantitative estimate of drug-likeness (QED) is 0.275. The average Bonchev–Trinajstić information content (AvgIpc) is 2.38. The summed E-state index contributed by atoms with van der Waals surface area (Å²) in [4.78, 5) is 0. The second-order valence-corrected chi connectivity index (χ2v) is 4.77. The van der Waals surface area contributed by atoms with E-state index in [1.807, 2.05) is 0 Å². The zero-order valence-electron chi connectivity index (χ0n) is 12.0. The molecule has 1 unspecified atom stereocenters. The van der Waals surface area contributed by atoms with Crippen molar-refractivity contribution in [1.82, 2.24) is 16.0 Å². The topological polar surface area (TPSA) is 88.1 Å². The maximum atomic E-state index is 5.96. The van der Waals surface area contributed by atoms with Crippen molar-refractivity contribution in [1.29, 1.82) is 0 Å². The van der Waals surface area contributed by atoms with Gasteiger partial charge in [-0.05, 0) is 52.0 Å². The van der Waals surface area contributed by atoms with E-state index in [0.717, 1.165) is 58.7 Å². The van der Waals surface area contributed by atoms with Crippen LogP contribution in [0.2, 0.25) is 0 Å². The Balaban J connectivity index is 3.08. The molecule has 0 heterocycles. The maximum absolute atomic E-state index is 5.96. The number of nitrogens with one attached hydrogen (secondary N) is 3. The number of rotatable bonds is 14. The van der Waals surface area contributed by atoms with Gasteiger partial charge in [-0.3, -0.25) is 0 Å². The van der Waals surface area contributed by atoms with E-state index in [0.29, 0.717) is 0 Å². The van der Waals surface area contributed by atoms with E-state index >= 15 is 0 Å². The highest BCUT2D eigenvalue weighted by molar-refractivity contribution is 4.67. The molecule has 0 rings (SSSR count). The van der Waals surface area contributed by atoms with Crippen molar-refractivity contribution in [2.75, 3.05) is 45.8 Å². The van der Waals surface area contributed by atoms with Crippen LogP contribution in [-0.4, -0.2) is 51.9 Å². The smallest absolute Gasteiger partial charge is 0.0292 e. The molecule has 0 radical (unpaired) electrons. The van der Waals surface area contributed by atoms with Crippen LogP contribution < -0.4 is 27.4 Å². The molecule has 5 nitrogen and oxygen atoms in total. The van der Waals surface area contributed by atoms with Crippen molar-refractivity contribution < 1.29 is 0 Å². The number of hydrogen-bond donors (Lipinski definition) is 5. The van der Waals surface area contributed by atoms with Gasteiger partial charge >= 0.3 is 0 Å². The van der Waals surface area contributed by atoms with Crippen LogP contribution in [0.25, 0.3) is 0 Å². The monoisotopic (exact) mass is 259 g/mol. The second kappa shape index (κ2) is 14.9. The molecule has 0 aromatic carbocycles. The molecule has 1 atom stereocenters. The molecule has 110 valence electrons. The van der Waals surface area contributed by atoms with Crippen LogP contribution in [0.5, 0.6) is 0 Å². The summed E-state index contributed by atoms with van der Waals surface area (Å²) in [5, 5.41) is 10.1. The molecule has 7 N–H and O–H groups in total. The molecule has 0 spiro atoms. The van der Waals surface area contributed by atoms with Crippen molar-refractivity contribution in [3.05, 3.63) is 0 Å². The highest BCUT2D eigenvalue weighted by atomic mass is 15.0. The SMILES string of the molecule is CCCCNCCCNCC(N)CNCCCN. The van der Waals surface area contributed by atoms with E-state index in [4.69, 9.17) is 11.5 Å². The zero-order chi connectivity index (χ0) is 13.5. The van der Waals surface area contributed by atoms with Crippen molar-refractivity contribution in [2.24, 2.45) is 11.5 Å². The van der Waals surface area contributed by atoms with E-state index in [2.05, 4.69) is 22.9 Å². The number of unbranched alkanes of at least 4 members (excludes halogenated alkanes) is 1. The molecule has 0 aromatic rings. The highest BCUT2D eigenvalue weighted by Crippen LogP contribution is 1.83. The zero-order valence-corrected chi connectivity index (χ0v) is 12.0. The van der Waals surface area contributed by atoms with Crippen molar-refractivity contribution in [3.8, 4) is 0 Å². The molecule has 0 aliphatic carbocycles. The Morgan fingerprint density at radius 1 is 0.833 bits per heavy atom. The molecule has 18 heavy (non-hydrogen) atoms. The number of hydrogen-bond acceptors (Lipinski definition) is 5. The van der Waals surface area contributed by atoms with Crippen LogP contribution in [0.15, 0.2) is 0 Å². The van der Waals surface area contributed by atoms with Crippen LogP contribution in [-0.2, 0) is 0 Å². The summed E-state index contributed by atoms with van der Waals surface area (Å²) in [5.74, 6) is 0. The Kier molecular flexibility index (Phi) is 14.7. The predicted octanol–water partition coefficient (Wildman–Crippen LogP) is -0.378. The standard InChI is InChI=1S/C13H33N5/c1-2-3-7-16-9-5-10-18-12-13(15)11-17-8-4-6-14/h13,16-18H,2-12,14-15H2,1H3. The molecular weight excluding hydrogens is 226 g/mol. The summed E-state index contributed by atoms with van der Waals surface area (Å²) >= 11 is 0. The van der Waals surface area contributed by atoms with Crippen LogP contribution in [0.1, 0.15) is 32.6 Å². The first-order valence-corrected chi connectivity index (χ1v) is 7.39. The van der Waals surface area contributed by atoms with Crippen molar-refractivity contribution >= 4 is 0 Å². The summed E-state index contributed by atoms with van der Waals surface area (Å²) in [6.45, 7) is 8.93. The van der Waals surface area contributed by atoms with Gasteiger partial charge in [-0.15, -0.1) is 0 Å². The Morgan fingerprint density at radius 2 is 1.39 bits per heavy atom. The van der Waals surface area contributed by atoms with Gasteiger partial charge < -0.3 is 27.4 Å². The fourth-order valence-electron chi connectivity index (χ4n) is 1.64. The summed E-state index contributed by atoms with van der Waals surface area (Å²) in [5.41, 5.74) is 11.4. The lowest BCUT2D eigenvalue weighted by atomic mass is 10.3. The Hall–Kier alpha value is -0.200. The minimum absolute atomic E-state index is 0.191. The lowest BCUT2D eigenvalue weighted by molar-refractivity contribution is 0.512. The third-order valence-corrected chi connectivity index (χ3v) is 2.78.